The van der Waals surface area contributed by atoms with Crippen LogP contribution in [0.1, 0.15) is 74.9 Å². The van der Waals surface area contributed by atoms with Gasteiger partial charge in [-0.1, -0.05) is 236 Å². The lowest BCUT2D eigenvalue weighted by Gasteiger charge is -2.31. The zero-order valence-corrected chi connectivity index (χ0v) is 52.1. The van der Waals surface area contributed by atoms with Crippen molar-refractivity contribution in [2.24, 2.45) is 0 Å². The molecule has 0 atom stereocenters. The van der Waals surface area contributed by atoms with Crippen LogP contribution >= 0.6 is 0 Å². The molecule has 0 amide bonds. The molecule has 2 nitrogen and oxygen atoms in total. The number of fused-ring (bicyclic) bond motifs is 18. The Kier molecular flexibility index (Phi) is 11.5. The van der Waals surface area contributed by atoms with Gasteiger partial charge in [-0.05, 0) is 230 Å². The highest BCUT2D eigenvalue weighted by atomic mass is 15.0. The van der Waals surface area contributed by atoms with Gasteiger partial charge < -0.3 is 9.13 Å². The van der Waals surface area contributed by atoms with Crippen LogP contribution in [0, 0.1) is 0 Å². The van der Waals surface area contributed by atoms with Gasteiger partial charge in [-0.15, -0.1) is 0 Å². The number of rotatable bonds is 6. The molecule has 0 saturated heterocycles. The molecule has 2 aliphatic rings. The third kappa shape index (κ3) is 8.11. The average molecular weight is 1160 g/mol. The fourth-order valence-corrected chi connectivity index (χ4v) is 15.8. The van der Waals surface area contributed by atoms with E-state index in [9.17, 15) is 0 Å². The molecule has 0 saturated carbocycles. The Morgan fingerprint density at radius 3 is 0.912 bits per heavy atom. The molecule has 0 aliphatic heterocycles. The summed E-state index contributed by atoms with van der Waals surface area (Å²) < 4.78 is 4.83. The van der Waals surface area contributed by atoms with Crippen molar-refractivity contribution >= 4 is 65.2 Å². The highest BCUT2D eigenvalue weighted by Gasteiger charge is 2.52. The zero-order valence-electron chi connectivity index (χ0n) is 52.1. The Bertz CT molecular complexity index is 5360. The number of para-hydroxylation sites is 2. The Morgan fingerprint density at radius 2 is 0.527 bits per heavy atom. The molecule has 2 aliphatic carbocycles. The van der Waals surface area contributed by atoms with E-state index in [4.69, 9.17) is 0 Å². The van der Waals surface area contributed by atoms with Gasteiger partial charge in [0.2, 0.25) is 0 Å². The highest BCUT2D eigenvalue weighted by Crippen LogP contribution is 2.63. The minimum atomic E-state index is -0.504. The summed E-state index contributed by atoms with van der Waals surface area (Å²) in [6.45, 7) is 13.6. The Balaban J connectivity index is 0.687. The summed E-state index contributed by atoms with van der Waals surface area (Å²) >= 11 is 0. The number of aromatic nitrogens is 2. The predicted molar refractivity (Wildman–Crippen MR) is 386 cm³/mol. The third-order valence-corrected chi connectivity index (χ3v) is 20.4. The van der Waals surface area contributed by atoms with Crippen molar-refractivity contribution in [1.82, 2.24) is 9.13 Å². The van der Waals surface area contributed by atoms with E-state index in [0.29, 0.717) is 0 Å². The first-order valence-corrected chi connectivity index (χ1v) is 32.2. The van der Waals surface area contributed by atoms with Crippen molar-refractivity contribution in [2.75, 3.05) is 0 Å². The van der Waals surface area contributed by atoms with Crippen LogP contribution < -0.4 is 0 Å². The molecule has 1 spiro atoms. The van der Waals surface area contributed by atoms with Gasteiger partial charge >= 0.3 is 0 Å². The van der Waals surface area contributed by atoms with Crippen LogP contribution in [-0.4, -0.2) is 9.13 Å². The van der Waals surface area contributed by atoms with E-state index in [2.05, 4.69) is 342 Å². The zero-order chi connectivity index (χ0) is 61.1. The van der Waals surface area contributed by atoms with E-state index < -0.39 is 5.41 Å². The van der Waals surface area contributed by atoms with Crippen LogP contribution in [0.5, 0.6) is 0 Å². The second kappa shape index (κ2) is 19.6. The van der Waals surface area contributed by atoms with Gasteiger partial charge in [0, 0.05) is 32.9 Å². The molecule has 2 heterocycles. The van der Waals surface area contributed by atoms with Crippen molar-refractivity contribution in [2.45, 2.75) is 57.8 Å². The minimum Gasteiger partial charge on any atom is -0.309 e. The SMILES string of the molecule is CC(C)(C)c1ccc(-n2c3ccccc3c3cc(-c4ccc5cc(-c6ccc7c(c6)C6(c8ccccc8-c8ccccc86)c6cc(-c8ccc9cc(-c%10ccc%11c(c%10)c%10ccccc%10n%11-c%10ccc(C(C)(C)C)cc%10)ccc9c8)ccc6-7)ccc5c4)ccc32)cc1. The summed E-state index contributed by atoms with van der Waals surface area (Å²) in [5.41, 5.74) is 29.9. The van der Waals surface area contributed by atoms with E-state index in [1.807, 2.05) is 0 Å². The molecule has 0 radical (unpaired) electrons. The topological polar surface area (TPSA) is 9.86 Å². The molecule has 18 rings (SSSR count). The molecular weight excluding hydrogens is 1100 g/mol. The normalized spacial score (nSPS) is 13.3. The highest BCUT2D eigenvalue weighted by molar-refractivity contribution is 6.12. The number of benzene rings is 14. The van der Waals surface area contributed by atoms with E-state index >= 15 is 0 Å². The molecule has 91 heavy (non-hydrogen) atoms. The van der Waals surface area contributed by atoms with Crippen LogP contribution in [0.4, 0.5) is 0 Å². The quantitative estimate of drug-likeness (QED) is 0.157. The van der Waals surface area contributed by atoms with Crippen molar-refractivity contribution in [3.05, 3.63) is 325 Å². The first kappa shape index (κ1) is 53.2. The fourth-order valence-electron chi connectivity index (χ4n) is 15.8. The lowest BCUT2D eigenvalue weighted by atomic mass is 9.70. The van der Waals surface area contributed by atoms with Crippen molar-refractivity contribution in [3.63, 3.8) is 0 Å². The van der Waals surface area contributed by atoms with Gasteiger partial charge in [0.25, 0.3) is 0 Å². The molecule has 0 bridgehead atoms. The largest absolute Gasteiger partial charge is 0.309 e. The van der Waals surface area contributed by atoms with Crippen LogP contribution in [0.15, 0.2) is 291 Å². The monoisotopic (exact) mass is 1160 g/mol. The smallest absolute Gasteiger partial charge is 0.0725 e. The van der Waals surface area contributed by atoms with Gasteiger partial charge in [0.1, 0.15) is 0 Å². The minimum absolute atomic E-state index is 0.0952. The van der Waals surface area contributed by atoms with E-state index in [-0.39, 0.29) is 10.8 Å². The number of hydrogen-bond donors (Lipinski definition) is 0. The molecule has 0 N–H and O–H groups in total. The maximum absolute atomic E-state index is 2.52. The molecule has 16 aromatic rings. The first-order chi connectivity index (χ1) is 44.3. The Morgan fingerprint density at radius 1 is 0.231 bits per heavy atom. The summed E-state index contributed by atoms with van der Waals surface area (Å²) in [6.07, 6.45) is 0. The Hall–Kier alpha value is -10.8. The molecule has 0 unspecified atom stereocenters. The summed E-state index contributed by atoms with van der Waals surface area (Å²) in [7, 11) is 0. The second-order valence-corrected chi connectivity index (χ2v) is 27.7. The maximum Gasteiger partial charge on any atom is 0.0725 e. The van der Waals surface area contributed by atoms with Gasteiger partial charge in [0.15, 0.2) is 0 Å². The van der Waals surface area contributed by atoms with Crippen LogP contribution in [0.2, 0.25) is 0 Å². The predicted octanol–water partition coefficient (Wildman–Crippen LogP) is 23.8. The van der Waals surface area contributed by atoms with Crippen molar-refractivity contribution in [1.29, 1.82) is 0 Å². The van der Waals surface area contributed by atoms with Gasteiger partial charge in [-0.2, -0.15) is 0 Å². The number of hydrogen-bond acceptors (Lipinski definition) is 0. The van der Waals surface area contributed by atoms with Crippen molar-refractivity contribution in [3.8, 4) is 78.1 Å². The lowest BCUT2D eigenvalue weighted by molar-refractivity contribution is 0.590. The van der Waals surface area contributed by atoms with Crippen LogP contribution in [0.25, 0.3) is 143 Å². The van der Waals surface area contributed by atoms with Gasteiger partial charge in [0.05, 0.1) is 27.5 Å². The lowest BCUT2D eigenvalue weighted by Crippen LogP contribution is -2.26. The summed E-state index contributed by atoms with van der Waals surface area (Å²) in [5.74, 6) is 0. The van der Waals surface area contributed by atoms with Crippen molar-refractivity contribution < 1.29 is 0 Å². The maximum atomic E-state index is 2.52. The average Bonchev–Trinajstić information content (AvgIpc) is 1.51. The van der Waals surface area contributed by atoms with Crippen LogP contribution in [0.3, 0.4) is 0 Å². The molecule has 432 valence electrons. The summed E-state index contributed by atoms with van der Waals surface area (Å²) in [6, 6.07) is 111. The standard InChI is InChI=1S/C89H66N2/c1-87(2,3)67-35-39-69(40-36-67)90-83-21-13-9-17-75(83)77-51-63(33-45-85(77)90)59-27-23-57-49-61(29-25-55(57)47-59)65-31-43-73-74-44-32-66(54-82(74)89(81(73)53-65)79-19-11-7-15-71(79)72-16-8-12-20-80(72)89)62-30-26-56-48-60(28-24-58(56)50-62)64-34-46-86-78(52-64)76-18-10-14-22-84(76)91(86)70-41-37-68(38-42-70)88(4,5)6/h7-54H,1-6H3. The van der Waals surface area contributed by atoms with E-state index in [1.54, 1.807) is 0 Å². The van der Waals surface area contributed by atoms with Crippen LogP contribution in [-0.2, 0) is 16.2 Å². The van der Waals surface area contributed by atoms with E-state index in [0.717, 1.165) is 0 Å². The second-order valence-electron chi connectivity index (χ2n) is 27.7. The van der Waals surface area contributed by atoms with Gasteiger partial charge in [-0.25, -0.2) is 0 Å². The summed E-state index contributed by atoms with van der Waals surface area (Å²) in [4.78, 5) is 0. The molecule has 2 heteroatoms. The molecular formula is C89H66N2. The molecule has 0 fully saturated rings. The van der Waals surface area contributed by atoms with E-state index in [1.165, 1.54) is 177 Å². The third-order valence-electron chi connectivity index (χ3n) is 20.4. The fraction of sp³-hybridized carbons (Fsp3) is 0.101. The molecule has 2 aromatic heterocycles. The van der Waals surface area contributed by atoms with Gasteiger partial charge in [-0.3, -0.25) is 0 Å². The Labute approximate surface area is 531 Å². The summed E-state index contributed by atoms with van der Waals surface area (Å²) in [5, 5.41) is 9.95. The first-order valence-electron chi connectivity index (χ1n) is 32.2. The number of nitrogens with zero attached hydrogens (tertiary/aromatic N) is 2. The molecule has 14 aromatic carbocycles.